The molecule has 0 aromatic heterocycles. The number of Topliss-reactive ketones (excluding diaryl/α,β-unsaturated/α-hetero) is 1. The van der Waals surface area contributed by atoms with Gasteiger partial charge in [-0.15, -0.1) is 0 Å². The fourth-order valence-electron chi connectivity index (χ4n) is 5.40. The summed E-state index contributed by atoms with van der Waals surface area (Å²) < 4.78 is 20.8. The van der Waals surface area contributed by atoms with E-state index in [9.17, 15) is 9.59 Å². The monoisotopic (exact) mass is 515 g/mol. The van der Waals surface area contributed by atoms with Gasteiger partial charge in [0.05, 0.1) is 6.61 Å². The lowest BCUT2D eigenvalue weighted by Gasteiger charge is -2.36. The maximum absolute atomic E-state index is 15.1. The van der Waals surface area contributed by atoms with Crippen LogP contribution in [0.4, 0.5) is 4.39 Å². The maximum atomic E-state index is 15.1. The van der Waals surface area contributed by atoms with E-state index in [1.807, 2.05) is 54.6 Å². The quantitative estimate of drug-likeness (QED) is 0.338. The molecule has 1 aliphatic carbocycles. The van der Waals surface area contributed by atoms with Gasteiger partial charge >= 0.3 is 5.97 Å². The summed E-state index contributed by atoms with van der Waals surface area (Å²) in [4.78, 5) is 31.8. The number of ether oxygens (including phenoxy) is 1. The Balaban J connectivity index is 1.47. The third-order valence-electron chi connectivity index (χ3n) is 7.20. The second-order valence-electron chi connectivity index (χ2n) is 9.57. The highest BCUT2D eigenvalue weighted by Gasteiger charge is 2.45. The van der Waals surface area contributed by atoms with Gasteiger partial charge in [-0.25, -0.2) is 4.39 Å². The van der Waals surface area contributed by atoms with E-state index in [-0.39, 0.29) is 24.7 Å². The van der Waals surface area contributed by atoms with Crippen LogP contribution in [0.2, 0.25) is 5.02 Å². The molecule has 1 aliphatic heterocycles. The van der Waals surface area contributed by atoms with Crippen LogP contribution in [0.1, 0.15) is 48.3 Å². The number of hydrogen-bond donors (Lipinski definition) is 0. The normalized spacial score (nSPS) is 21.3. The Morgan fingerprint density at radius 2 is 1.70 bits per heavy atom. The number of carbonyl (C=O) groups excluding carboxylic acids is 2. The number of ketones is 1. The van der Waals surface area contributed by atoms with Crippen LogP contribution in [0.25, 0.3) is 0 Å². The maximum Gasteiger partial charge on any atom is 0.315 e. The van der Waals surface area contributed by atoms with Crippen molar-refractivity contribution in [2.24, 2.45) is 10.9 Å². The Labute approximate surface area is 220 Å². The Morgan fingerprint density at radius 1 is 1.00 bits per heavy atom. The van der Waals surface area contributed by atoms with Gasteiger partial charge in [0, 0.05) is 40.8 Å². The van der Waals surface area contributed by atoms with Crippen LogP contribution in [0.3, 0.4) is 0 Å². The number of halogens is 2. The summed E-state index contributed by atoms with van der Waals surface area (Å²) in [6, 6.07) is 23.5. The molecular weight excluding hydrogens is 489 g/mol. The lowest BCUT2D eigenvalue weighted by atomic mass is 9.69. The number of benzene rings is 3. The molecule has 0 N–H and O–H groups in total. The molecule has 0 saturated carbocycles. The molecule has 3 atom stereocenters. The van der Waals surface area contributed by atoms with Crippen molar-refractivity contribution in [1.29, 1.82) is 0 Å². The van der Waals surface area contributed by atoms with Gasteiger partial charge in [-0.1, -0.05) is 72.3 Å². The number of esters is 1. The molecule has 6 heteroatoms. The van der Waals surface area contributed by atoms with E-state index in [2.05, 4.69) is 0 Å². The average molecular weight is 516 g/mol. The van der Waals surface area contributed by atoms with Crippen molar-refractivity contribution in [3.63, 3.8) is 0 Å². The molecule has 1 heterocycles. The molecule has 37 heavy (non-hydrogen) atoms. The Bertz CT molecular complexity index is 1380. The zero-order valence-corrected chi connectivity index (χ0v) is 21.2. The van der Waals surface area contributed by atoms with E-state index < -0.39 is 23.6 Å². The van der Waals surface area contributed by atoms with Crippen LogP contribution in [0, 0.1) is 11.7 Å². The zero-order valence-electron chi connectivity index (χ0n) is 20.5. The number of rotatable bonds is 6. The second kappa shape index (κ2) is 10.8. The molecule has 4 nitrogen and oxygen atoms in total. The molecule has 5 rings (SSSR count). The third-order valence-corrected chi connectivity index (χ3v) is 7.45. The van der Waals surface area contributed by atoms with Crippen LogP contribution < -0.4 is 0 Å². The average Bonchev–Trinajstić information content (AvgIpc) is 2.89. The summed E-state index contributed by atoms with van der Waals surface area (Å²) in [6.45, 7) is 1.95. The van der Waals surface area contributed by atoms with Gasteiger partial charge in [-0.2, -0.15) is 0 Å². The summed E-state index contributed by atoms with van der Waals surface area (Å²) >= 11 is 6.05. The first-order valence-electron chi connectivity index (χ1n) is 12.4. The Hall–Kier alpha value is -3.57. The molecule has 0 radical (unpaired) electrons. The summed E-state index contributed by atoms with van der Waals surface area (Å²) in [5.41, 5.74) is 3.94. The van der Waals surface area contributed by atoms with Crippen LogP contribution in [0.5, 0.6) is 0 Å². The predicted octanol–water partition coefficient (Wildman–Crippen LogP) is 6.84. The lowest BCUT2D eigenvalue weighted by Crippen LogP contribution is -2.38. The van der Waals surface area contributed by atoms with Crippen LogP contribution >= 0.6 is 11.6 Å². The highest BCUT2D eigenvalue weighted by atomic mass is 35.5. The molecule has 3 aromatic carbocycles. The minimum absolute atomic E-state index is 0.0595. The minimum atomic E-state index is -0.873. The molecule has 1 unspecified atom stereocenters. The van der Waals surface area contributed by atoms with Gasteiger partial charge in [0.15, 0.2) is 5.78 Å². The molecule has 0 fully saturated rings. The second-order valence-corrected chi connectivity index (χ2v) is 10.0. The van der Waals surface area contributed by atoms with Crippen molar-refractivity contribution in [1.82, 2.24) is 0 Å². The first kappa shape index (κ1) is 25.1. The molecular formula is C31H27ClFNO3. The fraction of sp³-hybridized carbons (Fsp3) is 0.258. The van der Waals surface area contributed by atoms with E-state index >= 15 is 4.39 Å². The number of carbonyl (C=O) groups is 2. The minimum Gasteiger partial charge on any atom is -0.465 e. The zero-order chi connectivity index (χ0) is 25.9. The van der Waals surface area contributed by atoms with Gasteiger partial charge in [0.1, 0.15) is 11.7 Å². The van der Waals surface area contributed by atoms with Gasteiger partial charge in [-0.05, 0) is 54.2 Å². The standard InChI is InChI=1S/C31H27ClFNO3/c1-19-28(31(36)37-16-15-20-7-3-2-4-8-20)29(24-9-5-6-10-25(24)33)30-26(34-19)17-22(18-27(30)35)21-11-13-23(32)14-12-21/h2-14,22,28-29H,15-18H2,1H3/t22-,28?,29-/m0/s1. The topological polar surface area (TPSA) is 55.7 Å². The number of allylic oxidation sites excluding steroid dienone is 2. The number of hydrogen-bond acceptors (Lipinski definition) is 4. The Kier molecular flexibility index (Phi) is 7.33. The van der Waals surface area contributed by atoms with Crippen molar-refractivity contribution < 1.29 is 18.7 Å². The molecule has 188 valence electrons. The van der Waals surface area contributed by atoms with Crippen molar-refractivity contribution in [2.75, 3.05) is 6.61 Å². The van der Waals surface area contributed by atoms with Gasteiger partial charge in [0.2, 0.25) is 0 Å². The molecule has 0 bridgehead atoms. The first-order valence-corrected chi connectivity index (χ1v) is 12.8. The van der Waals surface area contributed by atoms with Gasteiger partial charge in [-0.3, -0.25) is 14.6 Å². The van der Waals surface area contributed by atoms with E-state index in [1.165, 1.54) is 6.07 Å². The SMILES string of the molecule is CC1=NC2=C(C(=O)C[C@@H](c3ccc(Cl)cc3)C2)[C@@H](c2ccccc2F)C1C(=O)OCCc1ccccc1. The van der Waals surface area contributed by atoms with Crippen molar-refractivity contribution >= 4 is 29.1 Å². The van der Waals surface area contributed by atoms with E-state index in [0.29, 0.717) is 40.4 Å². The Morgan fingerprint density at radius 3 is 2.43 bits per heavy atom. The van der Waals surface area contributed by atoms with Crippen molar-refractivity contribution in [3.8, 4) is 0 Å². The first-order chi connectivity index (χ1) is 17.9. The molecule has 0 amide bonds. The predicted molar refractivity (Wildman–Crippen MR) is 142 cm³/mol. The molecule has 0 spiro atoms. The van der Waals surface area contributed by atoms with E-state index in [0.717, 1.165) is 11.1 Å². The lowest BCUT2D eigenvalue weighted by molar-refractivity contribution is -0.146. The molecule has 3 aromatic rings. The smallest absolute Gasteiger partial charge is 0.315 e. The number of aliphatic imine (C=N–C) groups is 1. The summed E-state index contributed by atoms with van der Waals surface area (Å²) in [7, 11) is 0. The highest BCUT2D eigenvalue weighted by Crippen LogP contribution is 2.47. The van der Waals surface area contributed by atoms with Crippen LogP contribution in [0.15, 0.2) is 95.1 Å². The summed E-state index contributed by atoms with van der Waals surface area (Å²) in [5, 5.41) is 0.630. The third kappa shape index (κ3) is 5.28. The summed E-state index contributed by atoms with van der Waals surface area (Å²) in [6.07, 6.45) is 1.35. The number of nitrogens with zero attached hydrogens (tertiary/aromatic N) is 1. The molecule has 2 aliphatic rings. The van der Waals surface area contributed by atoms with Crippen LogP contribution in [-0.2, 0) is 20.7 Å². The van der Waals surface area contributed by atoms with E-state index in [1.54, 1.807) is 25.1 Å². The van der Waals surface area contributed by atoms with Gasteiger partial charge in [0.25, 0.3) is 0 Å². The van der Waals surface area contributed by atoms with Crippen molar-refractivity contribution in [3.05, 3.63) is 118 Å². The van der Waals surface area contributed by atoms with E-state index in [4.69, 9.17) is 21.3 Å². The fourth-order valence-corrected chi connectivity index (χ4v) is 5.53. The van der Waals surface area contributed by atoms with Gasteiger partial charge < -0.3 is 4.74 Å². The van der Waals surface area contributed by atoms with Crippen LogP contribution in [-0.4, -0.2) is 24.1 Å². The largest absolute Gasteiger partial charge is 0.465 e. The summed E-state index contributed by atoms with van der Waals surface area (Å²) in [5.74, 6) is -2.78. The van der Waals surface area contributed by atoms with Crippen molar-refractivity contribution in [2.45, 2.75) is 38.0 Å². The highest BCUT2D eigenvalue weighted by molar-refractivity contribution is 6.30. The molecule has 0 saturated heterocycles.